The quantitative estimate of drug-likeness (QED) is 0.450. The molecule has 0 aromatic heterocycles. The predicted octanol–water partition coefficient (Wildman–Crippen LogP) is 1.78. The molecule has 1 unspecified atom stereocenters. The van der Waals surface area contributed by atoms with Gasteiger partial charge in [-0.1, -0.05) is 23.4 Å². The molecule has 0 fully saturated rings. The topological polar surface area (TPSA) is 24.4 Å². The van der Waals surface area contributed by atoms with Gasteiger partial charge < -0.3 is 5.32 Å². The third kappa shape index (κ3) is 1.92. The fourth-order valence-corrected chi connectivity index (χ4v) is 1.31. The lowest BCUT2D eigenvalue weighted by Crippen LogP contribution is -2.39. The number of thioether (sulfide) groups is 1. The highest BCUT2D eigenvalue weighted by Gasteiger charge is 2.19. The SMILES string of the molecule is CSC1=NC=CC(C)(Cl)N1. The number of alkyl halides is 1. The average molecular weight is 177 g/mol. The molecular weight excluding hydrogens is 168 g/mol. The Hall–Kier alpha value is -0.150. The van der Waals surface area contributed by atoms with E-state index in [-0.39, 0.29) is 0 Å². The normalized spacial score (nSPS) is 31.3. The largest absolute Gasteiger partial charge is 0.343 e. The van der Waals surface area contributed by atoms with Crippen molar-refractivity contribution in [3.05, 3.63) is 12.3 Å². The van der Waals surface area contributed by atoms with E-state index in [9.17, 15) is 0 Å². The molecule has 1 aliphatic rings. The maximum Gasteiger partial charge on any atom is 0.162 e. The van der Waals surface area contributed by atoms with Crippen LogP contribution in [0.4, 0.5) is 0 Å². The van der Waals surface area contributed by atoms with Crippen molar-refractivity contribution in [1.82, 2.24) is 5.32 Å². The predicted molar refractivity (Wildman–Crippen MR) is 47.5 cm³/mol. The summed E-state index contributed by atoms with van der Waals surface area (Å²) in [4.78, 5) is 3.59. The zero-order chi connectivity index (χ0) is 7.61. The first-order chi connectivity index (χ1) is 4.64. The zero-order valence-electron chi connectivity index (χ0n) is 5.89. The molecule has 0 aromatic carbocycles. The van der Waals surface area contributed by atoms with Crippen molar-refractivity contribution in [3.8, 4) is 0 Å². The van der Waals surface area contributed by atoms with Crippen LogP contribution in [0, 0.1) is 0 Å². The van der Waals surface area contributed by atoms with Crippen molar-refractivity contribution in [1.29, 1.82) is 0 Å². The Morgan fingerprint density at radius 1 is 1.80 bits per heavy atom. The van der Waals surface area contributed by atoms with E-state index >= 15 is 0 Å². The summed E-state index contributed by atoms with van der Waals surface area (Å²) < 4.78 is 0. The molecule has 0 saturated heterocycles. The molecule has 4 heteroatoms. The third-order valence-corrected chi connectivity index (χ3v) is 1.94. The molecular formula is C6H9ClN2S. The molecule has 1 aliphatic heterocycles. The van der Waals surface area contributed by atoms with E-state index in [4.69, 9.17) is 11.6 Å². The van der Waals surface area contributed by atoms with E-state index in [1.807, 2.05) is 19.3 Å². The molecule has 2 nitrogen and oxygen atoms in total. The third-order valence-electron chi connectivity index (χ3n) is 1.12. The van der Waals surface area contributed by atoms with Gasteiger partial charge in [-0.25, -0.2) is 4.99 Å². The number of aliphatic imine (C=N–C) groups is 1. The van der Waals surface area contributed by atoms with Crippen LogP contribution in [0.3, 0.4) is 0 Å². The van der Waals surface area contributed by atoms with Crippen LogP contribution < -0.4 is 5.32 Å². The van der Waals surface area contributed by atoms with E-state index in [2.05, 4.69) is 10.3 Å². The van der Waals surface area contributed by atoms with Crippen molar-refractivity contribution < 1.29 is 0 Å². The van der Waals surface area contributed by atoms with Crippen LogP contribution in [0.1, 0.15) is 6.92 Å². The van der Waals surface area contributed by atoms with Crippen LogP contribution in [-0.2, 0) is 0 Å². The van der Waals surface area contributed by atoms with Gasteiger partial charge >= 0.3 is 0 Å². The average Bonchev–Trinajstić information content (AvgIpc) is 1.86. The Morgan fingerprint density at radius 2 is 2.50 bits per heavy atom. The molecule has 0 bridgehead atoms. The van der Waals surface area contributed by atoms with Gasteiger partial charge in [0.15, 0.2) is 5.17 Å². The lowest BCUT2D eigenvalue weighted by Gasteiger charge is -2.23. The molecule has 1 heterocycles. The smallest absolute Gasteiger partial charge is 0.162 e. The zero-order valence-corrected chi connectivity index (χ0v) is 7.46. The molecule has 56 valence electrons. The summed E-state index contributed by atoms with van der Waals surface area (Å²) in [5.41, 5.74) is 0. The van der Waals surface area contributed by atoms with Gasteiger partial charge in [-0.05, 0) is 19.3 Å². The molecule has 0 aliphatic carbocycles. The van der Waals surface area contributed by atoms with Crippen molar-refractivity contribution in [2.75, 3.05) is 6.26 Å². The second kappa shape index (κ2) is 2.84. The Bertz CT molecular complexity index is 186. The lowest BCUT2D eigenvalue weighted by molar-refractivity contribution is 0.721. The maximum atomic E-state index is 5.95. The molecule has 0 aromatic rings. The minimum atomic E-state index is -0.458. The fraction of sp³-hybridized carbons (Fsp3) is 0.500. The lowest BCUT2D eigenvalue weighted by atomic mass is 10.3. The highest BCUT2D eigenvalue weighted by Crippen LogP contribution is 2.17. The van der Waals surface area contributed by atoms with Gasteiger partial charge in [-0.15, -0.1) is 0 Å². The number of nitrogens with one attached hydrogen (secondary N) is 1. The number of halogens is 1. The molecule has 0 saturated carbocycles. The monoisotopic (exact) mass is 176 g/mol. The molecule has 1 N–H and O–H groups in total. The van der Waals surface area contributed by atoms with Gasteiger partial charge in [0.1, 0.15) is 5.00 Å². The summed E-state index contributed by atoms with van der Waals surface area (Å²) in [6.45, 7) is 1.88. The van der Waals surface area contributed by atoms with Gasteiger partial charge in [-0.2, -0.15) is 0 Å². The summed E-state index contributed by atoms with van der Waals surface area (Å²) in [5.74, 6) is 0. The van der Waals surface area contributed by atoms with Crippen LogP contribution in [0.5, 0.6) is 0 Å². The Kier molecular flexibility index (Phi) is 2.26. The number of hydrogen-bond acceptors (Lipinski definition) is 3. The van der Waals surface area contributed by atoms with Crippen molar-refractivity contribution >= 4 is 28.5 Å². The Labute approximate surface area is 69.7 Å². The first-order valence-corrected chi connectivity index (χ1v) is 4.51. The number of rotatable bonds is 0. The van der Waals surface area contributed by atoms with Gasteiger partial charge in [0.05, 0.1) is 0 Å². The number of nitrogens with zero attached hydrogens (tertiary/aromatic N) is 1. The van der Waals surface area contributed by atoms with Crippen LogP contribution >= 0.6 is 23.4 Å². The van der Waals surface area contributed by atoms with Crippen LogP contribution in [0.25, 0.3) is 0 Å². The molecule has 1 rings (SSSR count). The summed E-state index contributed by atoms with van der Waals surface area (Å²) in [7, 11) is 0. The van der Waals surface area contributed by atoms with E-state index in [0.29, 0.717) is 0 Å². The van der Waals surface area contributed by atoms with Crippen LogP contribution in [0.2, 0.25) is 0 Å². The number of amidine groups is 1. The fourth-order valence-electron chi connectivity index (χ4n) is 0.632. The Morgan fingerprint density at radius 3 is 2.90 bits per heavy atom. The second-order valence-electron chi connectivity index (χ2n) is 2.15. The summed E-state index contributed by atoms with van der Waals surface area (Å²) in [6, 6.07) is 0. The molecule has 1 atom stereocenters. The van der Waals surface area contributed by atoms with Gasteiger partial charge in [-0.3, -0.25) is 0 Å². The van der Waals surface area contributed by atoms with Gasteiger partial charge in [0.25, 0.3) is 0 Å². The van der Waals surface area contributed by atoms with Crippen molar-refractivity contribution in [2.45, 2.75) is 11.9 Å². The van der Waals surface area contributed by atoms with Gasteiger partial charge in [0, 0.05) is 6.20 Å². The van der Waals surface area contributed by atoms with E-state index in [0.717, 1.165) is 5.17 Å². The highest BCUT2D eigenvalue weighted by molar-refractivity contribution is 8.13. The minimum Gasteiger partial charge on any atom is -0.343 e. The minimum absolute atomic E-state index is 0.458. The maximum absolute atomic E-state index is 5.95. The summed E-state index contributed by atoms with van der Waals surface area (Å²) in [6.07, 6.45) is 5.49. The van der Waals surface area contributed by atoms with Gasteiger partial charge in [0.2, 0.25) is 0 Å². The summed E-state index contributed by atoms with van der Waals surface area (Å²) >= 11 is 7.50. The molecule has 10 heavy (non-hydrogen) atoms. The first-order valence-electron chi connectivity index (χ1n) is 2.91. The second-order valence-corrected chi connectivity index (χ2v) is 3.73. The van der Waals surface area contributed by atoms with Crippen molar-refractivity contribution in [3.63, 3.8) is 0 Å². The van der Waals surface area contributed by atoms with E-state index in [1.54, 1.807) is 18.0 Å². The van der Waals surface area contributed by atoms with Crippen LogP contribution in [-0.4, -0.2) is 16.4 Å². The highest BCUT2D eigenvalue weighted by atomic mass is 35.5. The molecule has 0 radical (unpaired) electrons. The van der Waals surface area contributed by atoms with E-state index < -0.39 is 5.00 Å². The summed E-state index contributed by atoms with van der Waals surface area (Å²) in [5, 5.41) is 3.90. The van der Waals surface area contributed by atoms with Crippen molar-refractivity contribution in [2.24, 2.45) is 4.99 Å². The Balaban J connectivity index is 2.68. The number of hydrogen-bond donors (Lipinski definition) is 1. The first kappa shape index (κ1) is 7.95. The van der Waals surface area contributed by atoms with E-state index in [1.165, 1.54) is 0 Å². The molecule has 0 amide bonds. The van der Waals surface area contributed by atoms with Crippen LogP contribution in [0.15, 0.2) is 17.3 Å². The standard InChI is InChI=1S/C6H9ClN2S/c1-6(7)3-4-8-5(9-6)10-2/h3-4H,1-2H3,(H,8,9). The molecule has 0 spiro atoms.